The zero-order valence-electron chi connectivity index (χ0n) is 11.0. The maximum Gasteiger partial charge on any atom is 0.244 e. The first kappa shape index (κ1) is 16.0. The highest BCUT2D eigenvalue weighted by Crippen LogP contribution is 2.31. The van der Waals surface area contributed by atoms with E-state index in [0.717, 1.165) is 17.1 Å². The van der Waals surface area contributed by atoms with Crippen LogP contribution in [0.2, 0.25) is 10.2 Å². The van der Waals surface area contributed by atoms with Crippen molar-refractivity contribution < 1.29 is 13.5 Å². The molecular formula is C12H16Cl2N2O3S. The Morgan fingerprint density at radius 3 is 2.55 bits per heavy atom. The Bertz CT molecular complexity index is 601. The Balaban J connectivity index is 2.22. The normalized spacial score (nSPS) is 18.6. The lowest BCUT2D eigenvalue weighted by Gasteiger charge is -2.28. The van der Waals surface area contributed by atoms with E-state index in [1.165, 1.54) is 19.3 Å². The minimum absolute atomic E-state index is 0.0315. The van der Waals surface area contributed by atoms with Crippen molar-refractivity contribution in [3.63, 3.8) is 0 Å². The van der Waals surface area contributed by atoms with Crippen LogP contribution in [0, 0.1) is 0 Å². The zero-order chi connectivity index (χ0) is 15.0. The number of sulfonamides is 1. The summed E-state index contributed by atoms with van der Waals surface area (Å²) in [6.45, 7) is 0.0651. The molecule has 5 nitrogen and oxygen atoms in total. The second-order valence-corrected chi connectivity index (χ2v) is 7.95. The fourth-order valence-electron chi connectivity index (χ4n) is 2.42. The van der Waals surface area contributed by atoms with Crippen LogP contribution in [0.3, 0.4) is 0 Å². The molecule has 1 aromatic heterocycles. The lowest BCUT2D eigenvalue weighted by atomic mass is 10.0. The predicted molar refractivity (Wildman–Crippen MR) is 77.5 cm³/mol. The maximum atomic E-state index is 12.4. The third-order valence-electron chi connectivity index (χ3n) is 3.53. The van der Waals surface area contributed by atoms with Crippen molar-refractivity contribution in [2.24, 2.45) is 0 Å². The SMILES string of the molecule is CN(CC1(O)CCCC1)S(=O)(=O)c1cnc(Cl)c(Cl)c1. The minimum Gasteiger partial charge on any atom is -0.389 e. The highest BCUT2D eigenvalue weighted by atomic mass is 35.5. The molecule has 20 heavy (non-hydrogen) atoms. The van der Waals surface area contributed by atoms with E-state index in [1.807, 2.05) is 0 Å². The van der Waals surface area contributed by atoms with Crippen LogP contribution in [-0.4, -0.2) is 42.0 Å². The van der Waals surface area contributed by atoms with Gasteiger partial charge in [-0.3, -0.25) is 0 Å². The van der Waals surface area contributed by atoms with Crippen molar-refractivity contribution in [1.82, 2.24) is 9.29 Å². The van der Waals surface area contributed by atoms with Gasteiger partial charge in [-0.2, -0.15) is 4.31 Å². The van der Waals surface area contributed by atoms with E-state index in [9.17, 15) is 13.5 Å². The minimum atomic E-state index is -3.74. The number of likely N-dealkylation sites (N-methyl/N-ethyl adjacent to an activating group) is 1. The molecule has 0 atom stereocenters. The van der Waals surface area contributed by atoms with Gasteiger partial charge in [-0.25, -0.2) is 13.4 Å². The Morgan fingerprint density at radius 2 is 2.00 bits per heavy atom. The molecule has 1 N–H and O–H groups in total. The van der Waals surface area contributed by atoms with Crippen LogP contribution in [0.1, 0.15) is 25.7 Å². The number of rotatable bonds is 4. The van der Waals surface area contributed by atoms with E-state index in [2.05, 4.69) is 4.98 Å². The first-order valence-corrected chi connectivity index (χ1v) is 8.44. The second kappa shape index (κ2) is 5.77. The topological polar surface area (TPSA) is 70.5 Å². The fraction of sp³-hybridized carbons (Fsp3) is 0.583. The molecule has 8 heteroatoms. The molecule has 0 aromatic carbocycles. The fourth-order valence-corrected chi connectivity index (χ4v) is 3.97. The van der Waals surface area contributed by atoms with Crippen LogP contribution in [-0.2, 0) is 10.0 Å². The van der Waals surface area contributed by atoms with Gasteiger partial charge in [-0.1, -0.05) is 36.0 Å². The van der Waals surface area contributed by atoms with Crippen molar-refractivity contribution >= 4 is 33.2 Å². The standard InChI is InChI=1S/C12H16Cl2N2O3S/c1-16(8-12(17)4-2-3-5-12)20(18,19)9-6-10(13)11(14)15-7-9/h6-7,17H,2-5,8H2,1H3. The van der Waals surface area contributed by atoms with Crippen molar-refractivity contribution in [2.75, 3.05) is 13.6 Å². The molecule has 0 spiro atoms. The van der Waals surface area contributed by atoms with Crippen molar-refractivity contribution in [2.45, 2.75) is 36.2 Å². The van der Waals surface area contributed by atoms with E-state index in [0.29, 0.717) is 12.8 Å². The monoisotopic (exact) mass is 338 g/mol. The van der Waals surface area contributed by atoms with Crippen LogP contribution in [0.25, 0.3) is 0 Å². The molecule has 0 radical (unpaired) electrons. The van der Waals surface area contributed by atoms with Gasteiger partial charge in [0.2, 0.25) is 10.0 Å². The summed E-state index contributed by atoms with van der Waals surface area (Å²) in [7, 11) is -2.30. The highest BCUT2D eigenvalue weighted by Gasteiger charge is 2.36. The average molecular weight is 339 g/mol. The molecule has 0 amide bonds. The molecule has 1 aromatic rings. The number of aliphatic hydroxyl groups is 1. The largest absolute Gasteiger partial charge is 0.389 e. The predicted octanol–water partition coefficient (Wildman–Crippen LogP) is 2.31. The molecule has 0 bridgehead atoms. The first-order chi connectivity index (χ1) is 9.24. The summed E-state index contributed by atoms with van der Waals surface area (Å²) < 4.78 is 25.9. The van der Waals surface area contributed by atoms with Crippen LogP contribution in [0.4, 0.5) is 0 Å². The quantitative estimate of drug-likeness (QED) is 0.855. The van der Waals surface area contributed by atoms with E-state index in [4.69, 9.17) is 23.2 Å². The van der Waals surface area contributed by atoms with E-state index >= 15 is 0 Å². The van der Waals surface area contributed by atoms with Crippen molar-refractivity contribution in [1.29, 1.82) is 0 Å². The summed E-state index contributed by atoms with van der Waals surface area (Å²) in [4.78, 5) is 3.71. The van der Waals surface area contributed by atoms with Crippen LogP contribution >= 0.6 is 23.2 Å². The number of pyridine rings is 1. The molecule has 1 fully saturated rings. The van der Waals surface area contributed by atoms with Gasteiger partial charge >= 0.3 is 0 Å². The lowest BCUT2D eigenvalue weighted by Crippen LogP contribution is -2.42. The van der Waals surface area contributed by atoms with Gasteiger partial charge in [0.1, 0.15) is 10.0 Å². The molecule has 2 rings (SSSR count). The number of hydrogen-bond donors (Lipinski definition) is 1. The molecule has 1 heterocycles. The molecule has 0 unspecified atom stereocenters. The van der Waals surface area contributed by atoms with Gasteiger partial charge < -0.3 is 5.11 Å². The summed E-state index contributed by atoms with van der Waals surface area (Å²) in [5.41, 5.74) is -0.939. The highest BCUT2D eigenvalue weighted by molar-refractivity contribution is 7.89. The van der Waals surface area contributed by atoms with E-state index in [1.54, 1.807) is 0 Å². The summed E-state index contributed by atoms with van der Waals surface area (Å²) in [5.74, 6) is 0. The summed E-state index contributed by atoms with van der Waals surface area (Å²) >= 11 is 11.5. The Labute approximate surface area is 128 Å². The Morgan fingerprint density at radius 1 is 1.40 bits per heavy atom. The van der Waals surface area contributed by atoms with Crippen LogP contribution in [0.5, 0.6) is 0 Å². The summed E-state index contributed by atoms with van der Waals surface area (Å²) in [5, 5.41) is 10.4. The summed E-state index contributed by atoms with van der Waals surface area (Å²) in [6, 6.07) is 1.27. The number of aromatic nitrogens is 1. The number of hydrogen-bond acceptors (Lipinski definition) is 4. The average Bonchev–Trinajstić information content (AvgIpc) is 2.79. The van der Waals surface area contributed by atoms with Crippen LogP contribution < -0.4 is 0 Å². The smallest absolute Gasteiger partial charge is 0.244 e. The van der Waals surface area contributed by atoms with Gasteiger partial charge in [-0.15, -0.1) is 0 Å². The van der Waals surface area contributed by atoms with Crippen LogP contribution in [0.15, 0.2) is 17.2 Å². The summed E-state index contributed by atoms with van der Waals surface area (Å²) in [6.07, 6.45) is 4.23. The van der Waals surface area contributed by atoms with E-state index < -0.39 is 15.6 Å². The van der Waals surface area contributed by atoms with Gasteiger partial charge in [-0.05, 0) is 18.9 Å². The molecule has 1 saturated carbocycles. The lowest BCUT2D eigenvalue weighted by molar-refractivity contribution is 0.0333. The molecular weight excluding hydrogens is 323 g/mol. The van der Waals surface area contributed by atoms with Crippen molar-refractivity contribution in [3.8, 4) is 0 Å². The van der Waals surface area contributed by atoms with E-state index in [-0.39, 0.29) is 21.6 Å². The van der Waals surface area contributed by atoms with Gasteiger partial charge in [0.25, 0.3) is 0 Å². The molecule has 0 saturated heterocycles. The third-order valence-corrected chi connectivity index (χ3v) is 5.99. The molecule has 1 aliphatic rings. The Hall–Kier alpha value is -0.400. The second-order valence-electron chi connectivity index (χ2n) is 5.14. The van der Waals surface area contributed by atoms with Gasteiger partial charge in [0, 0.05) is 19.8 Å². The third kappa shape index (κ3) is 3.26. The van der Waals surface area contributed by atoms with Gasteiger partial charge in [0.05, 0.1) is 10.6 Å². The maximum absolute atomic E-state index is 12.4. The molecule has 1 aliphatic carbocycles. The van der Waals surface area contributed by atoms with Gasteiger partial charge in [0.15, 0.2) is 0 Å². The Kier molecular flexibility index (Phi) is 4.61. The first-order valence-electron chi connectivity index (χ1n) is 6.24. The molecule has 112 valence electrons. The molecule has 0 aliphatic heterocycles. The van der Waals surface area contributed by atoms with Crippen molar-refractivity contribution in [3.05, 3.63) is 22.4 Å². The number of nitrogens with zero attached hydrogens (tertiary/aromatic N) is 2. The number of halogens is 2. The zero-order valence-corrected chi connectivity index (χ0v) is 13.3.